The molecular weight excluding hydrogens is 254 g/mol. The van der Waals surface area contributed by atoms with Gasteiger partial charge < -0.3 is 14.9 Å². The third kappa shape index (κ3) is 2.19. The van der Waals surface area contributed by atoms with Gasteiger partial charge in [-0.15, -0.1) is 0 Å². The van der Waals surface area contributed by atoms with Crippen LogP contribution in [0.4, 0.5) is 0 Å². The summed E-state index contributed by atoms with van der Waals surface area (Å²) in [5.74, 6) is 0.276. The van der Waals surface area contributed by atoms with Crippen LogP contribution < -0.4 is 5.73 Å². The number of carbonyl (C=O) groups excluding carboxylic acids is 1. The highest BCUT2D eigenvalue weighted by Crippen LogP contribution is 2.23. The molecule has 0 unspecified atom stereocenters. The summed E-state index contributed by atoms with van der Waals surface area (Å²) in [6.45, 7) is 0.572. The van der Waals surface area contributed by atoms with Gasteiger partial charge in [-0.05, 0) is 25.1 Å². The predicted octanol–water partition coefficient (Wildman–Crippen LogP) is 1.67. The summed E-state index contributed by atoms with van der Waals surface area (Å²) in [6, 6.07) is 3.53. The maximum Gasteiger partial charge on any atom is 0.358 e. The fourth-order valence-electron chi connectivity index (χ4n) is 1.84. The standard InChI is InChI=1S/C12H14ClN3O2/c1-18-12(17)10-11-8(13)4-3-7-16(11)9(15-10)5-2-6-14/h3-4,7H,2,5-6,14H2,1H3. The third-order valence-corrected chi connectivity index (χ3v) is 2.98. The van der Waals surface area contributed by atoms with Crippen LogP contribution in [0.15, 0.2) is 18.3 Å². The topological polar surface area (TPSA) is 69.6 Å². The molecule has 5 nitrogen and oxygen atoms in total. The van der Waals surface area contributed by atoms with Crippen LogP contribution in [0.3, 0.4) is 0 Å². The molecule has 0 fully saturated rings. The molecule has 18 heavy (non-hydrogen) atoms. The van der Waals surface area contributed by atoms with E-state index >= 15 is 0 Å². The van der Waals surface area contributed by atoms with E-state index in [4.69, 9.17) is 22.1 Å². The van der Waals surface area contributed by atoms with E-state index in [0.717, 1.165) is 12.2 Å². The number of carbonyl (C=O) groups is 1. The summed E-state index contributed by atoms with van der Waals surface area (Å²) in [5.41, 5.74) is 6.32. The number of esters is 1. The lowest BCUT2D eigenvalue weighted by molar-refractivity contribution is 0.0597. The second kappa shape index (κ2) is 5.37. The van der Waals surface area contributed by atoms with Gasteiger partial charge in [-0.25, -0.2) is 9.78 Å². The Morgan fingerprint density at radius 1 is 1.61 bits per heavy atom. The largest absolute Gasteiger partial charge is 0.464 e. The average Bonchev–Trinajstić information content (AvgIpc) is 2.76. The predicted molar refractivity (Wildman–Crippen MR) is 68.9 cm³/mol. The van der Waals surface area contributed by atoms with E-state index in [2.05, 4.69) is 4.98 Å². The van der Waals surface area contributed by atoms with Gasteiger partial charge in [0.15, 0.2) is 5.69 Å². The van der Waals surface area contributed by atoms with Gasteiger partial charge in [0, 0.05) is 12.6 Å². The number of pyridine rings is 1. The molecule has 0 aliphatic carbocycles. The Labute approximate surface area is 110 Å². The fraction of sp³-hybridized carbons (Fsp3) is 0.333. The van der Waals surface area contributed by atoms with Gasteiger partial charge in [0.2, 0.25) is 0 Å². The molecule has 2 aromatic rings. The molecule has 0 spiro atoms. The Bertz CT molecular complexity index is 580. The SMILES string of the molecule is COC(=O)c1nc(CCCN)n2cccc(Cl)c12. The number of hydrogen-bond acceptors (Lipinski definition) is 4. The minimum atomic E-state index is -0.486. The molecule has 2 heterocycles. The Balaban J connectivity index is 2.60. The minimum Gasteiger partial charge on any atom is -0.464 e. The number of imidazole rings is 1. The molecule has 0 bridgehead atoms. The molecule has 0 radical (unpaired) electrons. The first-order valence-corrected chi connectivity index (χ1v) is 6.00. The normalized spacial score (nSPS) is 10.8. The lowest BCUT2D eigenvalue weighted by Crippen LogP contribution is -2.04. The summed E-state index contributed by atoms with van der Waals surface area (Å²) >= 11 is 6.12. The number of hydrogen-bond donors (Lipinski definition) is 1. The van der Waals surface area contributed by atoms with Crippen LogP contribution in [0.2, 0.25) is 5.02 Å². The van der Waals surface area contributed by atoms with Crippen molar-refractivity contribution in [3.05, 3.63) is 34.9 Å². The summed E-state index contributed by atoms with van der Waals surface area (Å²) in [6.07, 6.45) is 3.31. The molecular formula is C12H14ClN3O2. The number of aryl methyl sites for hydroxylation is 1. The Hall–Kier alpha value is -1.59. The number of nitrogens with two attached hydrogens (primary N) is 1. The highest BCUT2D eigenvalue weighted by Gasteiger charge is 2.19. The molecule has 96 valence electrons. The number of rotatable bonds is 4. The monoisotopic (exact) mass is 267 g/mol. The zero-order valence-electron chi connectivity index (χ0n) is 10.0. The summed E-state index contributed by atoms with van der Waals surface area (Å²) in [5, 5.41) is 0.476. The highest BCUT2D eigenvalue weighted by molar-refractivity contribution is 6.34. The Kier molecular flexibility index (Phi) is 3.84. The van der Waals surface area contributed by atoms with Gasteiger partial charge in [0.25, 0.3) is 0 Å². The fourth-order valence-corrected chi connectivity index (χ4v) is 2.09. The van der Waals surface area contributed by atoms with Gasteiger partial charge in [-0.3, -0.25) is 0 Å². The second-order valence-electron chi connectivity index (χ2n) is 3.84. The van der Waals surface area contributed by atoms with Gasteiger partial charge in [0.05, 0.1) is 17.6 Å². The zero-order chi connectivity index (χ0) is 13.1. The van der Waals surface area contributed by atoms with E-state index in [9.17, 15) is 4.79 Å². The van der Waals surface area contributed by atoms with Crippen molar-refractivity contribution in [2.24, 2.45) is 5.73 Å². The number of nitrogens with zero attached hydrogens (tertiary/aromatic N) is 2. The molecule has 2 aromatic heterocycles. The summed E-state index contributed by atoms with van der Waals surface area (Å²) in [4.78, 5) is 16.0. The van der Waals surface area contributed by atoms with Crippen molar-refractivity contribution in [2.45, 2.75) is 12.8 Å². The van der Waals surface area contributed by atoms with E-state index in [1.165, 1.54) is 7.11 Å². The first kappa shape index (κ1) is 12.9. The summed E-state index contributed by atoms with van der Waals surface area (Å²) in [7, 11) is 1.32. The average molecular weight is 268 g/mol. The van der Waals surface area contributed by atoms with Gasteiger partial charge in [-0.1, -0.05) is 11.6 Å². The lowest BCUT2D eigenvalue weighted by atomic mass is 10.3. The van der Waals surface area contributed by atoms with Gasteiger partial charge >= 0.3 is 5.97 Å². The number of methoxy groups -OCH3 is 1. The molecule has 0 saturated carbocycles. The van der Waals surface area contributed by atoms with Crippen molar-refractivity contribution in [1.82, 2.24) is 9.38 Å². The quantitative estimate of drug-likeness (QED) is 0.856. The van der Waals surface area contributed by atoms with Gasteiger partial charge in [0.1, 0.15) is 5.82 Å². The number of aromatic nitrogens is 2. The van der Waals surface area contributed by atoms with Crippen molar-refractivity contribution < 1.29 is 9.53 Å². The first-order chi connectivity index (χ1) is 8.69. The van der Waals surface area contributed by atoms with E-state index in [1.54, 1.807) is 6.07 Å². The van der Waals surface area contributed by atoms with E-state index in [1.807, 2.05) is 16.7 Å². The lowest BCUT2D eigenvalue weighted by Gasteiger charge is -2.01. The van der Waals surface area contributed by atoms with Crippen LogP contribution in [0.1, 0.15) is 22.7 Å². The molecule has 0 aliphatic rings. The first-order valence-electron chi connectivity index (χ1n) is 5.63. The molecule has 0 aromatic carbocycles. The molecule has 0 amide bonds. The van der Waals surface area contributed by atoms with Crippen LogP contribution in [0.25, 0.3) is 5.52 Å². The van der Waals surface area contributed by atoms with Crippen LogP contribution in [-0.2, 0) is 11.2 Å². The molecule has 0 saturated heterocycles. The molecule has 0 atom stereocenters. The molecule has 2 N–H and O–H groups in total. The number of ether oxygens (including phenoxy) is 1. The van der Waals surface area contributed by atoms with E-state index < -0.39 is 5.97 Å². The Morgan fingerprint density at radius 2 is 2.39 bits per heavy atom. The van der Waals surface area contributed by atoms with Crippen LogP contribution >= 0.6 is 11.6 Å². The van der Waals surface area contributed by atoms with E-state index in [-0.39, 0.29) is 5.69 Å². The Morgan fingerprint density at radius 3 is 3.06 bits per heavy atom. The molecule has 0 aliphatic heterocycles. The zero-order valence-corrected chi connectivity index (χ0v) is 10.8. The van der Waals surface area contributed by atoms with Crippen molar-refractivity contribution in [3.63, 3.8) is 0 Å². The maximum absolute atomic E-state index is 11.7. The van der Waals surface area contributed by atoms with Crippen molar-refractivity contribution in [2.75, 3.05) is 13.7 Å². The van der Waals surface area contributed by atoms with Crippen LogP contribution in [-0.4, -0.2) is 29.0 Å². The smallest absolute Gasteiger partial charge is 0.358 e. The van der Waals surface area contributed by atoms with Crippen molar-refractivity contribution in [1.29, 1.82) is 0 Å². The second-order valence-corrected chi connectivity index (χ2v) is 4.24. The highest BCUT2D eigenvalue weighted by atomic mass is 35.5. The number of fused-ring (bicyclic) bond motifs is 1. The maximum atomic E-state index is 11.7. The van der Waals surface area contributed by atoms with Crippen LogP contribution in [0, 0.1) is 0 Å². The minimum absolute atomic E-state index is 0.245. The van der Waals surface area contributed by atoms with Crippen molar-refractivity contribution >= 4 is 23.1 Å². The summed E-state index contributed by atoms with van der Waals surface area (Å²) < 4.78 is 6.53. The van der Waals surface area contributed by atoms with E-state index in [0.29, 0.717) is 23.5 Å². The molecule has 2 rings (SSSR count). The number of halogens is 1. The van der Waals surface area contributed by atoms with Crippen LogP contribution in [0.5, 0.6) is 0 Å². The van der Waals surface area contributed by atoms with Gasteiger partial charge in [-0.2, -0.15) is 0 Å². The third-order valence-electron chi connectivity index (χ3n) is 2.67. The van der Waals surface area contributed by atoms with Crippen molar-refractivity contribution in [3.8, 4) is 0 Å². The molecule has 6 heteroatoms.